The van der Waals surface area contributed by atoms with Crippen molar-refractivity contribution in [2.45, 2.75) is 45.1 Å². The molecule has 1 fully saturated rings. The summed E-state index contributed by atoms with van der Waals surface area (Å²) in [5.41, 5.74) is 5.49. The molecule has 2 N–H and O–H groups in total. The third kappa shape index (κ3) is 5.46. The number of thiocarbonyl (C=S) groups is 1. The highest BCUT2D eigenvalue weighted by Crippen LogP contribution is 2.17. The maximum atomic E-state index is 12.0. The van der Waals surface area contributed by atoms with Gasteiger partial charge in [0.1, 0.15) is 0 Å². The quantitative estimate of drug-likeness (QED) is 0.703. The van der Waals surface area contributed by atoms with E-state index < -0.39 is 0 Å². The average molecular weight is 258 g/mol. The Morgan fingerprint density at radius 3 is 2.88 bits per heavy atom. The topological polar surface area (TPSA) is 55.6 Å². The van der Waals surface area contributed by atoms with Gasteiger partial charge in [0.15, 0.2) is 0 Å². The van der Waals surface area contributed by atoms with Crippen LogP contribution in [-0.4, -0.2) is 41.6 Å². The molecule has 0 radical (unpaired) electrons. The number of ether oxygens (including phenoxy) is 1. The van der Waals surface area contributed by atoms with Gasteiger partial charge >= 0.3 is 0 Å². The van der Waals surface area contributed by atoms with Crippen molar-refractivity contribution in [1.29, 1.82) is 0 Å². The molecule has 4 nitrogen and oxygen atoms in total. The molecule has 1 atom stereocenters. The lowest BCUT2D eigenvalue weighted by molar-refractivity contribution is -0.131. The zero-order valence-electron chi connectivity index (χ0n) is 10.5. The van der Waals surface area contributed by atoms with Crippen LogP contribution in [0.5, 0.6) is 0 Å². The fraction of sp³-hybridized carbons (Fsp3) is 0.833. The molecule has 1 rings (SSSR count). The second-order valence-electron chi connectivity index (χ2n) is 4.46. The Labute approximate surface area is 108 Å². The summed E-state index contributed by atoms with van der Waals surface area (Å²) < 4.78 is 5.50. The van der Waals surface area contributed by atoms with E-state index >= 15 is 0 Å². The molecule has 1 unspecified atom stereocenters. The van der Waals surface area contributed by atoms with Gasteiger partial charge in [-0.25, -0.2) is 0 Å². The molecule has 0 aliphatic carbocycles. The zero-order chi connectivity index (χ0) is 12.7. The molecule has 17 heavy (non-hydrogen) atoms. The van der Waals surface area contributed by atoms with E-state index in [1.807, 2.05) is 6.92 Å². The van der Waals surface area contributed by atoms with E-state index in [-0.39, 0.29) is 12.0 Å². The molecule has 0 spiro atoms. The molecule has 1 amide bonds. The van der Waals surface area contributed by atoms with Crippen molar-refractivity contribution < 1.29 is 9.53 Å². The fourth-order valence-corrected chi connectivity index (χ4v) is 2.22. The van der Waals surface area contributed by atoms with Crippen molar-refractivity contribution >= 4 is 23.1 Å². The Bertz CT molecular complexity index is 265. The summed E-state index contributed by atoms with van der Waals surface area (Å²) in [6.07, 6.45) is 4.74. The second-order valence-corrected chi connectivity index (χ2v) is 4.98. The van der Waals surface area contributed by atoms with Gasteiger partial charge in [0.2, 0.25) is 5.91 Å². The van der Waals surface area contributed by atoms with Gasteiger partial charge in [0, 0.05) is 19.6 Å². The largest absolute Gasteiger partial charge is 0.392 e. The number of nitrogens with zero attached hydrogens (tertiary/aromatic N) is 1. The van der Waals surface area contributed by atoms with Crippen LogP contribution < -0.4 is 5.73 Å². The predicted octanol–water partition coefficient (Wildman–Crippen LogP) is 1.47. The molecule has 0 aromatic heterocycles. The zero-order valence-corrected chi connectivity index (χ0v) is 11.3. The number of nitrogens with two attached hydrogens (primary N) is 1. The van der Waals surface area contributed by atoms with Crippen molar-refractivity contribution in [3.05, 3.63) is 0 Å². The van der Waals surface area contributed by atoms with Crippen LogP contribution in [-0.2, 0) is 9.53 Å². The van der Waals surface area contributed by atoms with Crippen LogP contribution in [0.3, 0.4) is 0 Å². The molecule has 0 saturated carbocycles. The predicted molar refractivity (Wildman–Crippen MR) is 71.9 cm³/mol. The first kappa shape index (κ1) is 14.4. The number of rotatable bonds is 7. The maximum absolute atomic E-state index is 12.0. The third-order valence-electron chi connectivity index (χ3n) is 2.90. The molecule has 0 aromatic rings. The lowest BCUT2D eigenvalue weighted by Gasteiger charge is -2.22. The first-order chi connectivity index (χ1) is 8.13. The lowest BCUT2D eigenvalue weighted by atomic mass is 10.1. The highest BCUT2D eigenvalue weighted by atomic mass is 32.1. The summed E-state index contributed by atoms with van der Waals surface area (Å²) in [6.45, 7) is 4.00. The van der Waals surface area contributed by atoms with Crippen LogP contribution in [0.4, 0.5) is 0 Å². The summed E-state index contributed by atoms with van der Waals surface area (Å²) in [4.78, 5) is 14.1. The molecule has 0 bridgehead atoms. The monoisotopic (exact) mass is 258 g/mol. The molecule has 1 aliphatic rings. The number of hydrogen-bond donors (Lipinski definition) is 1. The van der Waals surface area contributed by atoms with E-state index in [9.17, 15) is 4.79 Å². The van der Waals surface area contributed by atoms with Crippen molar-refractivity contribution in [3.63, 3.8) is 0 Å². The Kier molecular flexibility index (Phi) is 6.44. The maximum Gasteiger partial charge on any atom is 0.223 e. The van der Waals surface area contributed by atoms with Crippen LogP contribution in [0.25, 0.3) is 0 Å². The van der Waals surface area contributed by atoms with Crippen LogP contribution in [0.2, 0.25) is 0 Å². The molecule has 5 heteroatoms. The first-order valence-electron chi connectivity index (χ1n) is 6.31. The van der Waals surface area contributed by atoms with Gasteiger partial charge < -0.3 is 15.4 Å². The molecular formula is C12H22N2O2S. The molecule has 0 aromatic carbocycles. The number of carbonyl (C=O) groups is 1. The van der Waals surface area contributed by atoms with Gasteiger partial charge in [-0.3, -0.25) is 4.79 Å². The SMILES string of the molecule is CCCN(CC(N)=S)C(=O)CCC1CCCO1. The number of hydrogen-bond acceptors (Lipinski definition) is 3. The van der Waals surface area contributed by atoms with Crippen LogP contribution in [0.15, 0.2) is 0 Å². The van der Waals surface area contributed by atoms with Gasteiger partial charge in [0.25, 0.3) is 0 Å². The molecule has 1 aliphatic heterocycles. The Balaban J connectivity index is 2.32. The standard InChI is InChI=1S/C12H22N2O2S/c1-2-7-14(9-11(13)17)12(15)6-5-10-4-3-8-16-10/h10H,2-9H2,1H3,(H2,13,17). The van der Waals surface area contributed by atoms with Crippen molar-refractivity contribution in [2.24, 2.45) is 5.73 Å². The summed E-state index contributed by atoms with van der Waals surface area (Å²) in [7, 11) is 0. The van der Waals surface area contributed by atoms with E-state index in [0.29, 0.717) is 18.0 Å². The fourth-order valence-electron chi connectivity index (χ4n) is 2.06. The Morgan fingerprint density at radius 1 is 1.59 bits per heavy atom. The normalized spacial score (nSPS) is 19.2. The highest BCUT2D eigenvalue weighted by molar-refractivity contribution is 7.80. The molecule has 1 heterocycles. The van der Waals surface area contributed by atoms with Crippen LogP contribution in [0.1, 0.15) is 39.0 Å². The Morgan fingerprint density at radius 2 is 2.35 bits per heavy atom. The first-order valence-corrected chi connectivity index (χ1v) is 6.72. The summed E-state index contributed by atoms with van der Waals surface area (Å²) in [5, 5.41) is 0. The van der Waals surface area contributed by atoms with Gasteiger partial charge in [-0.15, -0.1) is 0 Å². The minimum absolute atomic E-state index is 0.134. The van der Waals surface area contributed by atoms with Gasteiger partial charge in [-0.2, -0.15) is 0 Å². The van der Waals surface area contributed by atoms with Crippen LogP contribution >= 0.6 is 12.2 Å². The minimum Gasteiger partial charge on any atom is -0.392 e. The van der Waals surface area contributed by atoms with Crippen molar-refractivity contribution in [1.82, 2.24) is 4.90 Å². The van der Waals surface area contributed by atoms with Gasteiger partial charge in [-0.1, -0.05) is 19.1 Å². The second kappa shape index (κ2) is 7.61. The summed E-state index contributed by atoms with van der Waals surface area (Å²) in [6, 6.07) is 0. The molecule has 98 valence electrons. The summed E-state index contributed by atoms with van der Waals surface area (Å²) >= 11 is 4.86. The van der Waals surface area contributed by atoms with E-state index in [0.717, 1.165) is 38.8 Å². The van der Waals surface area contributed by atoms with Crippen molar-refractivity contribution in [3.8, 4) is 0 Å². The molecule has 1 saturated heterocycles. The molecular weight excluding hydrogens is 236 g/mol. The van der Waals surface area contributed by atoms with Crippen molar-refractivity contribution in [2.75, 3.05) is 19.7 Å². The van der Waals surface area contributed by atoms with E-state index in [2.05, 4.69) is 0 Å². The average Bonchev–Trinajstić information content (AvgIpc) is 2.77. The van der Waals surface area contributed by atoms with Gasteiger partial charge in [-0.05, 0) is 25.7 Å². The van der Waals surface area contributed by atoms with Gasteiger partial charge in [0.05, 0.1) is 17.6 Å². The minimum atomic E-state index is 0.134. The van der Waals surface area contributed by atoms with E-state index in [4.69, 9.17) is 22.7 Å². The highest BCUT2D eigenvalue weighted by Gasteiger charge is 2.19. The lowest BCUT2D eigenvalue weighted by Crippen LogP contribution is -2.38. The number of carbonyl (C=O) groups excluding carboxylic acids is 1. The Hall–Kier alpha value is -0.680. The van der Waals surface area contributed by atoms with Crippen LogP contribution in [0, 0.1) is 0 Å². The smallest absolute Gasteiger partial charge is 0.223 e. The summed E-state index contributed by atoms with van der Waals surface area (Å²) in [5.74, 6) is 0.134. The third-order valence-corrected chi connectivity index (χ3v) is 3.03. The number of amides is 1. The van der Waals surface area contributed by atoms with E-state index in [1.54, 1.807) is 4.90 Å². The van der Waals surface area contributed by atoms with E-state index in [1.165, 1.54) is 0 Å².